The van der Waals surface area contributed by atoms with Crippen molar-refractivity contribution in [2.24, 2.45) is 0 Å². The zero-order chi connectivity index (χ0) is 15.4. The molecule has 2 aromatic rings. The molecule has 0 amide bonds. The third-order valence-corrected chi connectivity index (χ3v) is 3.57. The van der Waals surface area contributed by atoms with Crippen molar-refractivity contribution in [3.05, 3.63) is 48.0 Å². The highest BCUT2D eigenvalue weighted by atomic mass is 16.6. The van der Waals surface area contributed by atoms with Gasteiger partial charge in [-0.25, -0.2) is 9.78 Å². The number of furan rings is 1. The van der Waals surface area contributed by atoms with E-state index in [9.17, 15) is 4.79 Å². The molecule has 0 radical (unpaired) electrons. The van der Waals surface area contributed by atoms with Crippen LogP contribution in [0.5, 0.6) is 0 Å². The topological polar surface area (TPSA) is 79.4 Å². The third kappa shape index (κ3) is 3.09. The molecule has 0 aliphatic carbocycles. The number of ether oxygens (including phenoxy) is 1. The fourth-order valence-corrected chi connectivity index (χ4v) is 2.51. The van der Waals surface area contributed by atoms with Crippen molar-refractivity contribution in [3.8, 4) is 6.07 Å². The fourth-order valence-electron chi connectivity index (χ4n) is 2.51. The van der Waals surface area contributed by atoms with Crippen LogP contribution >= 0.6 is 0 Å². The third-order valence-electron chi connectivity index (χ3n) is 3.57. The van der Waals surface area contributed by atoms with Crippen LogP contribution in [-0.4, -0.2) is 30.1 Å². The number of hydrogen-bond acceptors (Lipinski definition) is 6. The summed E-state index contributed by atoms with van der Waals surface area (Å²) < 4.78 is 10.5. The van der Waals surface area contributed by atoms with Crippen molar-refractivity contribution in [1.82, 2.24) is 4.98 Å². The van der Waals surface area contributed by atoms with E-state index in [1.807, 2.05) is 4.90 Å². The van der Waals surface area contributed by atoms with Crippen LogP contribution in [0, 0.1) is 11.3 Å². The van der Waals surface area contributed by atoms with Crippen LogP contribution in [0.1, 0.15) is 29.0 Å². The van der Waals surface area contributed by atoms with Gasteiger partial charge in [0.25, 0.3) is 0 Å². The molecule has 112 valence electrons. The number of nitrogens with zero attached hydrogens (tertiary/aromatic N) is 3. The first-order chi connectivity index (χ1) is 10.8. The van der Waals surface area contributed by atoms with E-state index >= 15 is 0 Å². The molecular formula is C16H15N3O3. The van der Waals surface area contributed by atoms with Gasteiger partial charge < -0.3 is 14.1 Å². The standard InChI is InChI=1S/C16H15N3O3/c17-10-12-5-6-18-15(9-12)19-7-1-3-13(11-19)22-16(20)14-4-2-8-21-14/h2,4-6,8-9,13H,1,3,7,11H2/t13-/m0/s1. The Bertz CT molecular complexity index is 691. The molecule has 1 atom stereocenters. The van der Waals surface area contributed by atoms with Gasteiger partial charge in [0.1, 0.15) is 11.9 Å². The Labute approximate surface area is 127 Å². The number of esters is 1. The summed E-state index contributed by atoms with van der Waals surface area (Å²) >= 11 is 0. The first-order valence-corrected chi connectivity index (χ1v) is 7.12. The number of anilines is 1. The number of pyridine rings is 1. The molecule has 1 aliphatic rings. The lowest BCUT2D eigenvalue weighted by Gasteiger charge is -2.33. The van der Waals surface area contributed by atoms with Crippen molar-refractivity contribution < 1.29 is 13.9 Å². The van der Waals surface area contributed by atoms with Gasteiger partial charge in [0.15, 0.2) is 0 Å². The van der Waals surface area contributed by atoms with E-state index < -0.39 is 5.97 Å². The molecule has 3 rings (SSSR count). The number of piperidine rings is 1. The van der Waals surface area contributed by atoms with Crippen LogP contribution in [0.25, 0.3) is 0 Å². The maximum Gasteiger partial charge on any atom is 0.374 e. The van der Waals surface area contributed by atoms with E-state index in [0.29, 0.717) is 12.1 Å². The van der Waals surface area contributed by atoms with Crippen molar-refractivity contribution in [1.29, 1.82) is 5.26 Å². The molecule has 1 aliphatic heterocycles. The zero-order valence-electron chi connectivity index (χ0n) is 11.9. The molecule has 22 heavy (non-hydrogen) atoms. The Kier molecular flexibility index (Phi) is 4.05. The van der Waals surface area contributed by atoms with Gasteiger partial charge in [0.05, 0.1) is 24.4 Å². The van der Waals surface area contributed by atoms with Gasteiger partial charge in [-0.15, -0.1) is 0 Å². The summed E-state index contributed by atoms with van der Waals surface area (Å²) in [5.41, 5.74) is 0.569. The average Bonchev–Trinajstić information content (AvgIpc) is 3.10. The molecule has 2 aromatic heterocycles. The molecule has 3 heterocycles. The van der Waals surface area contributed by atoms with Gasteiger partial charge in [-0.2, -0.15) is 5.26 Å². The smallest absolute Gasteiger partial charge is 0.374 e. The Morgan fingerprint density at radius 2 is 2.41 bits per heavy atom. The first-order valence-electron chi connectivity index (χ1n) is 7.12. The fraction of sp³-hybridized carbons (Fsp3) is 0.312. The van der Waals surface area contributed by atoms with Crippen molar-refractivity contribution >= 4 is 11.8 Å². The van der Waals surface area contributed by atoms with E-state index in [4.69, 9.17) is 14.4 Å². The minimum atomic E-state index is -0.449. The van der Waals surface area contributed by atoms with Gasteiger partial charge in [-0.3, -0.25) is 0 Å². The molecule has 0 aromatic carbocycles. The van der Waals surface area contributed by atoms with E-state index in [0.717, 1.165) is 25.2 Å². The maximum atomic E-state index is 11.9. The molecule has 6 nitrogen and oxygen atoms in total. The first kappa shape index (κ1) is 14.1. The SMILES string of the molecule is N#Cc1ccnc(N2CCC[C@H](OC(=O)c3ccco3)C2)c1. The number of aromatic nitrogens is 1. The molecular weight excluding hydrogens is 282 g/mol. The second-order valence-corrected chi connectivity index (χ2v) is 5.11. The molecule has 0 unspecified atom stereocenters. The Morgan fingerprint density at radius 1 is 1.50 bits per heavy atom. The van der Waals surface area contributed by atoms with E-state index in [2.05, 4.69) is 11.1 Å². The summed E-state index contributed by atoms with van der Waals surface area (Å²) in [6.07, 6.45) is 4.56. The normalized spacial score (nSPS) is 17.8. The van der Waals surface area contributed by atoms with Gasteiger partial charge in [-0.1, -0.05) is 0 Å². The summed E-state index contributed by atoms with van der Waals surface area (Å²) in [4.78, 5) is 18.2. The maximum absolute atomic E-state index is 11.9. The van der Waals surface area contributed by atoms with Gasteiger partial charge in [-0.05, 0) is 37.1 Å². The van der Waals surface area contributed by atoms with Gasteiger partial charge in [0, 0.05) is 12.7 Å². The number of nitriles is 1. The minimum absolute atomic E-state index is 0.209. The molecule has 0 bridgehead atoms. The average molecular weight is 297 g/mol. The van der Waals surface area contributed by atoms with Crippen LogP contribution in [0.15, 0.2) is 41.1 Å². The van der Waals surface area contributed by atoms with Crippen molar-refractivity contribution in [2.75, 3.05) is 18.0 Å². The second kappa shape index (κ2) is 6.31. The summed E-state index contributed by atoms with van der Waals surface area (Å²) in [6, 6.07) is 8.76. The Morgan fingerprint density at radius 3 is 3.18 bits per heavy atom. The molecule has 0 saturated carbocycles. The monoisotopic (exact) mass is 297 g/mol. The second-order valence-electron chi connectivity index (χ2n) is 5.11. The lowest BCUT2D eigenvalue weighted by atomic mass is 10.1. The van der Waals surface area contributed by atoms with E-state index in [1.165, 1.54) is 6.26 Å². The van der Waals surface area contributed by atoms with E-state index in [1.54, 1.807) is 30.5 Å². The number of carbonyl (C=O) groups is 1. The van der Waals surface area contributed by atoms with Crippen LogP contribution < -0.4 is 4.90 Å². The summed E-state index contributed by atoms with van der Waals surface area (Å²) in [6.45, 7) is 1.39. The summed E-state index contributed by atoms with van der Waals surface area (Å²) in [5, 5.41) is 8.96. The summed E-state index contributed by atoms with van der Waals surface area (Å²) in [5.74, 6) is 0.495. The molecule has 6 heteroatoms. The predicted molar refractivity (Wildman–Crippen MR) is 78.3 cm³/mol. The van der Waals surface area contributed by atoms with Gasteiger partial charge >= 0.3 is 5.97 Å². The van der Waals surface area contributed by atoms with Crippen LogP contribution in [0.2, 0.25) is 0 Å². The number of rotatable bonds is 3. The highest BCUT2D eigenvalue weighted by Crippen LogP contribution is 2.21. The predicted octanol–water partition coefficient (Wildman–Crippen LogP) is 2.37. The zero-order valence-corrected chi connectivity index (χ0v) is 11.9. The lowest BCUT2D eigenvalue weighted by molar-refractivity contribution is 0.0234. The Balaban J connectivity index is 1.66. The quantitative estimate of drug-likeness (QED) is 0.809. The lowest BCUT2D eigenvalue weighted by Crippen LogP contribution is -2.41. The summed E-state index contributed by atoms with van der Waals surface area (Å²) in [7, 11) is 0. The molecule has 1 fully saturated rings. The van der Waals surface area contributed by atoms with Crippen LogP contribution in [-0.2, 0) is 4.74 Å². The minimum Gasteiger partial charge on any atom is -0.457 e. The van der Waals surface area contributed by atoms with Crippen molar-refractivity contribution in [2.45, 2.75) is 18.9 Å². The molecule has 1 saturated heterocycles. The highest BCUT2D eigenvalue weighted by molar-refractivity contribution is 5.86. The van der Waals surface area contributed by atoms with Gasteiger partial charge in [0.2, 0.25) is 5.76 Å². The van der Waals surface area contributed by atoms with Crippen LogP contribution in [0.3, 0.4) is 0 Å². The molecule has 0 N–H and O–H groups in total. The largest absolute Gasteiger partial charge is 0.457 e. The van der Waals surface area contributed by atoms with Crippen molar-refractivity contribution in [3.63, 3.8) is 0 Å². The highest BCUT2D eigenvalue weighted by Gasteiger charge is 2.25. The molecule has 0 spiro atoms. The number of carbonyl (C=O) groups excluding carboxylic acids is 1. The Hall–Kier alpha value is -2.81. The van der Waals surface area contributed by atoms with Crippen LogP contribution in [0.4, 0.5) is 5.82 Å². The number of hydrogen-bond donors (Lipinski definition) is 0. The van der Waals surface area contributed by atoms with E-state index in [-0.39, 0.29) is 11.9 Å².